The number of methoxy groups -OCH3 is 1. The fourth-order valence-electron chi connectivity index (χ4n) is 4.04. The predicted molar refractivity (Wildman–Crippen MR) is 110 cm³/mol. The smallest absolute Gasteiger partial charge is 0.417 e. The van der Waals surface area contributed by atoms with E-state index >= 15 is 0 Å². The summed E-state index contributed by atoms with van der Waals surface area (Å²) < 4.78 is 80.4. The Hall–Kier alpha value is -3.28. The van der Waals surface area contributed by atoms with Crippen LogP contribution in [0.3, 0.4) is 0 Å². The topological polar surface area (TPSA) is 104 Å². The SMILES string of the molecule is COc1c([C@@H]2[C@@H](C(=O)Nc3cc(C(N)=O)ncc3C)O[C@](C)(C(F)(F)F)[C@H]2C)ccc(F)c1F. The van der Waals surface area contributed by atoms with E-state index in [1.54, 1.807) is 6.92 Å². The van der Waals surface area contributed by atoms with Crippen molar-refractivity contribution in [1.82, 2.24) is 4.98 Å². The lowest BCUT2D eigenvalue weighted by Crippen LogP contribution is -2.47. The normalized spacial score (nSPS) is 24.7. The number of hydrogen-bond acceptors (Lipinski definition) is 5. The van der Waals surface area contributed by atoms with E-state index in [-0.39, 0.29) is 16.9 Å². The van der Waals surface area contributed by atoms with Gasteiger partial charge in [0.15, 0.2) is 17.2 Å². The highest BCUT2D eigenvalue weighted by Crippen LogP contribution is 2.55. The number of alkyl halides is 3. The molecule has 1 saturated heterocycles. The Labute approximate surface area is 191 Å². The van der Waals surface area contributed by atoms with Crippen molar-refractivity contribution in [3.05, 3.63) is 52.9 Å². The molecule has 1 aromatic heterocycles. The van der Waals surface area contributed by atoms with E-state index in [1.807, 2.05) is 0 Å². The average molecular weight is 487 g/mol. The van der Waals surface area contributed by atoms with Gasteiger partial charge in [0.2, 0.25) is 5.82 Å². The van der Waals surface area contributed by atoms with E-state index in [4.69, 9.17) is 15.2 Å². The van der Waals surface area contributed by atoms with Crippen molar-refractivity contribution in [3.8, 4) is 5.75 Å². The number of aromatic nitrogens is 1. The van der Waals surface area contributed by atoms with Crippen LogP contribution in [0.15, 0.2) is 24.4 Å². The van der Waals surface area contributed by atoms with E-state index < -0.39 is 58.9 Å². The third-order valence-electron chi connectivity index (χ3n) is 6.18. The van der Waals surface area contributed by atoms with E-state index in [1.165, 1.54) is 19.2 Å². The van der Waals surface area contributed by atoms with Crippen LogP contribution in [0.1, 0.15) is 41.4 Å². The van der Waals surface area contributed by atoms with Crippen molar-refractivity contribution in [2.45, 2.75) is 44.6 Å². The summed E-state index contributed by atoms with van der Waals surface area (Å²) in [5, 5.41) is 2.43. The Bertz CT molecular complexity index is 1140. The van der Waals surface area contributed by atoms with Gasteiger partial charge in [0.05, 0.1) is 7.11 Å². The van der Waals surface area contributed by atoms with Crippen molar-refractivity contribution < 1.29 is 41.0 Å². The number of nitrogens with zero attached hydrogens (tertiary/aromatic N) is 1. The van der Waals surface area contributed by atoms with Crippen LogP contribution in [-0.4, -0.2) is 41.8 Å². The molecule has 3 rings (SSSR count). The minimum Gasteiger partial charge on any atom is -0.493 e. The molecule has 2 heterocycles. The van der Waals surface area contributed by atoms with Crippen LogP contribution < -0.4 is 15.8 Å². The van der Waals surface area contributed by atoms with E-state index in [9.17, 15) is 31.5 Å². The molecule has 0 unspecified atom stereocenters. The van der Waals surface area contributed by atoms with Gasteiger partial charge in [-0.15, -0.1) is 0 Å². The number of nitrogens with two attached hydrogens (primary N) is 1. The lowest BCUT2D eigenvalue weighted by Gasteiger charge is -2.32. The van der Waals surface area contributed by atoms with Gasteiger partial charge in [-0.05, 0) is 31.5 Å². The molecule has 1 aliphatic rings. The molecule has 2 amide bonds. The highest BCUT2D eigenvalue weighted by Gasteiger charge is 2.65. The first kappa shape index (κ1) is 25.3. The molecule has 1 fully saturated rings. The van der Waals surface area contributed by atoms with Gasteiger partial charge in [0, 0.05) is 29.3 Å². The monoisotopic (exact) mass is 487 g/mol. The molecule has 34 heavy (non-hydrogen) atoms. The molecule has 0 spiro atoms. The van der Waals surface area contributed by atoms with Gasteiger partial charge < -0.3 is 20.5 Å². The number of benzene rings is 1. The number of anilines is 1. The fourth-order valence-corrected chi connectivity index (χ4v) is 4.04. The summed E-state index contributed by atoms with van der Waals surface area (Å²) in [6.45, 7) is 3.53. The first-order chi connectivity index (χ1) is 15.7. The van der Waals surface area contributed by atoms with E-state index in [0.717, 1.165) is 26.2 Å². The maximum absolute atomic E-state index is 14.4. The third-order valence-corrected chi connectivity index (χ3v) is 6.18. The minimum atomic E-state index is -4.89. The summed E-state index contributed by atoms with van der Waals surface area (Å²) in [6.07, 6.45) is -5.41. The van der Waals surface area contributed by atoms with Gasteiger partial charge in [-0.25, -0.2) is 4.39 Å². The number of nitrogens with one attached hydrogen (secondary N) is 1. The Morgan fingerprint density at radius 2 is 1.91 bits per heavy atom. The molecule has 7 nitrogen and oxygen atoms in total. The highest BCUT2D eigenvalue weighted by atomic mass is 19.4. The van der Waals surface area contributed by atoms with E-state index in [2.05, 4.69) is 10.3 Å². The van der Waals surface area contributed by atoms with Crippen molar-refractivity contribution in [1.29, 1.82) is 0 Å². The molecule has 0 aliphatic carbocycles. The molecular formula is C22H22F5N3O4. The molecule has 2 aromatic rings. The molecule has 0 bridgehead atoms. The molecular weight excluding hydrogens is 465 g/mol. The fraction of sp³-hybridized carbons (Fsp3) is 0.409. The molecule has 1 aliphatic heterocycles. The first-order valence-electron chi connectivity index (χ1n) is 10.1. The van der Waals surface area contributed by atoms with Crippen LogP contribution in [-0.2, 0) is 9.53 Å². The minimum absolute atomic E-state index is 0.0710. The zero-order chi connectivity index (χ0) is 25.6. The molecule has 184 valence electrons. The van der Waals surface area contributed by atoms with Crippen LogP contribution in [0.25, 0.3) is 0 Å². The number of hydrogen-bond donors (Lipinski definition) is 2. The van der Waals surface area contributed by atoms with Crippen molar-refractivity contribution in [3.63, 3.8) is 0 Å². The van der Waals surface area contributed by atoms with Crippen LogP contribution in [0.2, 0.25) is 0 Å². The molecule has 0 radical (unpaired) electrons. The maximum Gasteiger partial charge on any atom is 0.417 e. The zero-order valence-electron chi connectivity index (χ0n) is 18.6. The van der Waals surface area contributed by atoms with Crippen LogP contribution >= 0.6 is 0 Å². The number of carbonyl (C=O) groups excluding carboxylic acids is 2. The predicted octanol–water partition coefficient (Wildman–Crippen LogP) is 3.85. The number of primary amides is 1. The van der Waals surface area contributed by atoms with Gasteiger partial charge in [-0.2, -0.15) is 17.6 Å². The second-order valence-electron chi connectivity index (χ2n) is 8.18. The number of aryl methyl sites for hydroxylation is 1. The van der Waals surface area contributed by atoms with Crippen molar-refractivity contribution in [2.24, 2.45) is 11.7 Å². The molecule has 12 heteroatoms. The Kier molecular flexibility index (Phi) is 6.57. The second kappa shape index (κ2) is 8.82. The Morgan fingerprint density at radius 3 is 2.47 bits per heavy atom. The number of halogens is 5. The Balaban J connectivity index is 2.10. The number of pyridine rings is 1. The number of rotatable bonds is 5. The summed E-state index contributed by atoms with van der Waals surface area (Å²) in [7, 11) is 1.03. The van der Waals surface area contributed by atoms with Gasteiger partial charge in [-0.1, -0.05) is 13.0 Å². The summed E-state index contributed by atoms with van der Waals surface area (Å²) in [5.41, 5.74) is 2.53. The second-order valence-corrected chi connectivity index (χ2v) is 8.18. The molecule has 0 saturated carbocycles. The summed E-state index contributed by atoms with van der Waals surface area (Å²) in [6, 6.07) is 2.97. The largest absolute Gasteiger partial charge is 0.493 e. The quantitative estimate of drug-likeness (QED) is 0.624. The first-order valence-corrected chi connectivity index (χ1v) is 10.1. The molecule has 4 atom stereocenters. The lowest BCUT2D eigenvalue weighted by molar-refractivity contribution is -0.272. The van der Waals surface area contributed by atoms with Gasteiger partial charge in [0.1, 0.15) is 11.8 Å². The van der Waals surface area contributed by atoms with Gasteiger partial charge in [-0.3, -0.25) is 14.6 Å². The number of ether oxygens (including phenoxy) is 2. The van der Waals surface area contributed by atoms with E-state index in [0.29, 0.717) is 5.56 Å². The highest BCUT2D eigenvalue weighted by molar-refractivity contribution is 5.98. The number of carbonyl (C=O) groups is 2. The van der Waals surface area contributed by atoms with Crippen molar-refractivity contribution >= 4 is 17.5 Å². The molecule has 3 N–H and O–H groups in total. The van der Waals surface area contributed by atoms with Crippen LogP contribution in [0, 0.1) is 24.5 Å². The zero-order valence-corrected chi connectivity index (χ0v) is 18.6. The Morgan fingerprint density at radius 1 is 1.26 bits per heavy atom. The average Bonchev–Trinajstić information content (AvgIpc) is 3.03. The van der Waals surface area contributed by atoms with Crippen molar-refractivity contribution in [2.75, 3.05) is 12.4 Å². The summed E-state index contributed by atoms with van der Waals surface area (Å²) >= 11 is 0. The van der Waals surface area contributed by atoms with Gasteiger partial charge in [0.25, 0.3) is 11.8 Å². The lowest BCUT2D eigenvalue weighted by atomic mass is 9.77. The standard InChI is InChI=1S/C22H22F5N3O4/c1-9-8-29-14(19(28)31)7-13(9)30-20(32)18-15(10(2)21(3,34-18)22(25,26)27)11-5-6-12(23)16(24)17(11)33-4/h5-8,10,15,18H,1-4H3,(H2,28,31)(H,29,30,32)/t10-,15+,18-,21-/m0/s1. The number of amides is 2. The van der Waals surface area contributed by atoms with Crippen LogP contribution in [0.4, 0.5) is 27.6 Å². The van der Waals surface area contributed by atoms with Gasteiger partial charge >= 0.3 is 6.18 Å². The third kappa shape index (κ3) is 4.17. The maximum atomic E-state index is 14.4. The van der Waals surface area contributed by atoms with Crippen LogP contribution in [0.5, 0.6) is 5.75 Å². The summed E-state index contributed by atoms with van der Waals surface area (Å²) in [5.74, 6) is -7.94. The molecule has 1 aromatic carbocycles. The summed E-state index contributed by atoms with van der Waals surface area (Å²) in [4.78, 5) is 28.4.